The number of benzene rings is 1. The molecule has 6 nitrogen and oxygen atoms in total. The minimum absolute atomic E-state index is 0.0980. The predicted octanol–water partition coefficient (Wildman–Crippen LogP) is 0.966. The van der Waals surface area contributed by atoms with Crippen LogP contribution in [0.5, 0.6) is 0 Å². The highest BCUT2D eigenvalue weighted by Gasteiger charge is 2.28. The van der Waals surface area contributed by atoms with Crippen molar-refractivity contribution in [3.05, 3.63) is 35.4 Å². The molecule has 21 heavy (non-hydrogen) atoms. The maximum atomic E-state index is 11.5. The van der Waals surface area contributed by atoms with E-state index in [4.69, 9.17) is 5.11 Å². The number of carbonyl (C=O) groups excluding carboxylic acids is 2. The minimum Gasteiger partial charge on any atom is -0.478 e. The number of carboxylic acid groups (broad SMARTS) is 1. The summed E-state index contributed by atoms with van der Waals surface area (Å²) in [5.41, 5.74) is 1.25. The standard InChI is InChI=1S/C15H18N2O4/c1-16(8-9-17-13(18)6-7-14(17)19)10-11-2-4-12(5-3-11)15(20)21/h2-5H,6-10H2,1H3,(H,20,21). The van der Waals surface area contributed by atoms with Crippen LogP contribution in [0, 0.1) is 0 Å². The third-order valence-electron chi connectivity index (χ3n) is 3.51. The van der Waals surface area contributed by atoms with Gasteiger partial charge >= 0.3 is 5.97 Å². The lowest BCUT2D eigenvalue weighted by atomic mass is 10.1. The fourth-order valence-corrected chi connectivity index (χ4v) is 2.29. The fraction of sp³-hybridized carbons (Fsp3) is 0.400. The molecule has 1 aliphatic rings. The molecule has 1 aromatic carbocycles. The molecule has 112 valence electrons. The third kappa shape index (κ3) is 3.88. The van der Waals surface area contributed by atoms with Gasteiger partial charge in [-0.25, -0.2) is 4.79 Å². The molecule has 0 bridgehead atoms. The monoisotopic (exact) mass is 290 g/mol. The first-order valence-corrected chi connectivity index (χ1v) is 6.81. The maximum Gasteiger partial charge on any atom is 0.335 e. The summed E-state index contributed by atoms with van der Waals surface area (Å²) in [4.78, 5) is 37.0. The Labute approximate surface area is 123 Å². The van der Waals surface area contributed by atoms with E-state index < -0.39 is 5.97 Å². The SMILES string of the molecule is CN(CCN1C(=O)CCC1=O)Cc1ccc(C(=O)O)cc1. The van der Waals surface area contributed by atoms with Gasteiger partial charge in [0, 0.05) is 32.5 Å². The Morgan fingerprint density at radius 2 is 1.76 bits per heavy atom. The molecule has 2 amide bonds. The smallest absolute Gasteiger partial charge is 0.335 e. The molecule has 0 aromatic heterocycles. The normalized spacial score (nSPS) is 15.0. The van der Waals surface area contributed by atoms with Gasteiger partial charge in [-0.3, -0.25) is 14.5 Å². The minimum atomic E-state index is -0.944. The molecule has 0 radical (unpaired) electrons. The van der Waals surface area contributed by atoms with Crippen LogP contribution in [0.25, 0.3) is 0 Å². The van der Waals surface area contributed by atoms with Crippen LogP contribution in [0.2, 0.25) is 0 Å². The molecule has 1 saturated heterocycles. The first-order valence-electron chi connectivity index (χ1n) is 6.81. The molecule has 1 aliphatic heterocycles. The number of imide groups is 1. The zero-order valence-corrected chi connectivity index (χ0v) is 11.9. The first kappa shape index (κ1) is 15.2. The molecule has 2 rings (SSSR count). The van der Waals surface area contributed by atoms with E-state index in [2.05, 4.69) is 0 Å². The summed E-state index contributed by atoms with van der Waals surface area (Å²) in [6.45, 7) is 1.63. The van der Waals surface area contributed by atoms with E-state index in [1.54, 1.807) is 24.3 Å². The molecule has 1 fully saturated rings. The first-order chi connectivity index (χ1) is 9.97. The highest BCUT2D eigenvalue weighted by molar-refractivity contribution is 6.01. The molecule has 0 aliphatic carbocycles. The lowest BCUT2D eigenvalue weighted by molar-refractivity contribution is -0.138. The molecule has 1 N–H and O–H groups in total. The Bertz CT molecular complexity index is 537. The van der Waals surface area contributed by atoms with Crippen LogP contribution in [0.3, 0.4) is 0 Å². The van der Waals surface area contributed by atoms with Gasteiger partial charge in [-0.1, -0.05) is 12.1 Å². The number of likely N-dealkylation sites (tertiary alicyclic amines) is 1. The molecule has 0 unspecified atom stereocenters. The number of nitrogens with zero attached hydrogens (tertiary/aromatic N) is 2. The Balaban J connectivity index is 1.84. The Kier molecular flexibility index (Phi) is 4.70. The zero-order valence-electron chi connectivity index (χ0n) is 11.9. The van der Waals surface area contributed by atoms with Gasteiger partial charge in [0.2, 0.25) is 11.8 Å². The third-order valence-corrected chi connectivity index (χ3v) is 3.51. The summed E-state index contributed by atoms with van der Waals surface area (Å²) in [5, 5.41) is 8.83. The van der Waals surface area contributed by atoms with E-state index in [9.17, 15) is 14.4 Å². The van der Waals surface area contributed by atoms with E-state index >= 15 is 0 Å². The summed E-state index contributed by atoms with van der Waals surface area (Å²) < 4.78 is 0. The van der Waals surface area contributed by atoms with E-state index in [0.29, 0.717) is 32.5 Å². The van der Waals surface area contributed by atoms with Gasteiger partial charge in [-0.2, -0.15) is 0 Å². The van der Waals surface area contributed by atoms with Gasteiger partial charge in [0.25, 0.3) is 0 Å². The second-order valence-electron chi connectivity index (χ2n) is 5.18. The number of carboxylic acids is 1. The Morgan fingerprint density at radius 1 is 1.19 bits per heavy atom. The van der Waals surface area contributed by atoms with Gasteiger partial charge in [-0.15, -0.1) is 0 Å². The number of amides is 2. The van der Waals surface area contributed by atoms with Crippen molar-refractivity contribution in [3.63, 3.8) is 0 Å². The maximum absolute atomic E-state index is 11.5. The number of rotatable bonds is 6. The number of aromatic carboxylic acids is 1. The lowest BCUT2D eigenvalue weighted by Gasteiger charge is -2.20. The van der Waals surface area contributed by atoms with Crippen molar-refractivity contribution in [1.82, 2.24) is 9.80 Å². The van der Waals surface area contributed by atoms with Crippen molar-refractivity contribution in [2.24, 2.45) is 0 Å². The van der Waals surface area contributed by atoms with Crippen molar-refractivity contribution in [2.45, 2.75) is 19.4 Å². The van der Waals surface area contributed by atoms with E-state index in [0.717, 1.165) is 5.56 Å². The Morgan fingerprint density at radius 3 is 2.29 bits per heavy atom. The van der Waals surface area contributed by atoms with Crippen LogP contribution in [-0.2, 0) is 16.1 Å². The average Bonchev–Trinajstić information content (AvgIpc) is 2.76. The average molecular weight is 290 g/mol. The number of likely N-dealkylation sites (N-methyl/N-ethyl adjacent to an activating group) is 1. The molecule has 0 saturated carbocycles. The van der Waals surface area contributed by atoms with Crippen LogP contribution in [0.4, 0.5) is 0 Å². The van der Waals surface area contributed by atoms with Gasteiger partial charge in [0.1, 0.15) is 0 Å². The second-order valence-corrected chi connectivity index (χ2v) is 5.18. The highest BCUT2D eigenvalue weighted by atomic mass is 16.4. The van der Waals surface area contributed by atoms with E-state index in [1.807, 2.05) is 11.9 Å². The second kappa shape index (κ2) is 6.49. The van der Waals surface area contributed by atoms with Crippen LogP contribution >= 0.6 is 0 Å². The molecular weight excluding hydrogens is 272 g/mol. The fourth-order valence-electron chi connectivity index (χ4n) is 2.29. The largest absolute Gasteiger partial charge is 0.478 e. The van der Waals surface area contributed by atoms with Crippen LogP contribution in [-0.4, -0.2) is 52.8 Å². The molecule has 0 atom stereocenters. The summed E-state index contributed by atoms with van der Waals surface area (Å²) in [6, 6.07) is 6.68. The quantitative estimate of drug-likeness (QED) is 0.790. The van der Waals surface area contributed by atoms with E-state index in [-0.39, 0.29) is 17.4 Å². The van der Waals surface area contributed by atoms with Gasteiger partial charge < -0.3 is 10.0 Å². The van der Waals surface area contributed by atoms with Crippen molar-refractivity contribution in [2.75, 3.05) is 20.1 Å². The van der Waals surface area contributed by atoms with Crippen molar-refractivity contribution in [1.29, 1.82) is 0 Å². The van der Waals surface area contributed by atoms with Crippen molar-refractivity contribution >= 4 is 17.8 Å². The van der Waals surface area contributed by atoms with Crippen LogP contribution in [0.1, 0.15) is 28.8 Å². The zero-order chi connectivity index (χ0) is 15.4. The van der Waals surface area contributed by atoms with Gasteiger partial charge in [0.05, 0.1) is 5.56 Å². The number of hydrogen-bond donors (Lipinski definition) is 1. The van der Waals surface area contributed by atoms with E-state index in [1.165, 1.54) is 4.90 Å². The lowest BCUT2D eigenvalue weighted by Crippen LogP contribution is -2.36. The summed E-state index contributed by atoms with van der Waals surface area (Å²) in [5.74, 6) is -1.14. The number of hydrogen-bond acceptors (Lipinski definition) is 4. The van der Waals surface area contributed by atoms with Crippen molar-refractivity contribution in [3.8, 4) is 0 Å². The van der Waals surface area contributed by atoms with Crippen molar-refractivity contribution < 1.29 is 19.5 Å². The Hall–Kier alpha value is -2.21. The molecule has 1 aromatic rings. The van der Waals surface area contributed by atoms with Gasteiger partial charge in [0.15, 0.2) is 0 Å². The highest BCUT2D eigenvalue weighted by Crippen LogP contribution is 2.12. The summed E-state index contributed by atoms with van der Waals surface area (Å²) in [7, 11) is 1.90. The summed E-state index contributed by atoms with van der Waals surface area (Å²) >= 11 is 0. The van der Waals surface area contributed by atoms with Gasteiger partial charge in [-0.05, 0) is 24.7 Å². The predicted molar refractivity (Wildman–Crippen MR) is 75.7 cm³/mol. The van der Waals surface area contributed by atoms with Crippen LogP contribution < -0.4 is 0 Å². The molecule has 1 heterocycles. The molecule has 6 heteroatoms. The molecular formula is C15H18N2O4. The number of carbonyl (C=O) groups is 3. The van der Waals surface area contributed by atoms with Crippen LogP contribution in [0.15, 0.2) is 24.3 Å². The topological polar surface area (TPSA) is 77.9 Å². The summed E-state index contributed by atoms with van der Waals surface area (Å²) in [6.07, 6.45) is 0.637. The molecule has 0 spiro atoms.